The number of aliphatic hydroxyl groups excluding tert-OH is 1. The van der Waals surface area contributed by atoms with Gasteiger partial charge in [-0.25, -0.2) is 0 Å². The summed E-state index contributed by atoms with van der Waals surface area (Å²) in [5.74, 6) is 0. The summed E-state index contributed by atoms with van der Waals surface area (Å²) in [6.07, 6.45) is 3.82. The van der Waals surface area contributed by atoms with Crippen LogP contribution in [0.15, 0.2) is 6.20 Å². The average molecular weight is 265 g/mol. The Hall–Kier alpha value is -1.53. The fraction of sp³-hybridized carbons (Fsp3) is 0.615. The van der Waals surface area contributed by atoms with Crippen molar-refractivity contribution in [3.05, 3.63) is 33.1 Å². The van der Waals surface area contributed by atoms with Gasteiger partial charge in [-0.1, -0.05) is 0 Å². The Bertz CT molecular complexity index is 486. The van der Waals surface area contributed by atoms with Crippen LogP contribution in [-0.2, 0) is 6.54 Å². The molecule has 6 nitrogen and oxygen atoms in total. The molecule has 1 saturated carbocycles. The lowest BCUT2D eigenvalue weighted by Crippen LogP contribution is -2.29. The van der Waals surface area contributed by atoms with Crippen molar-refractivity contribution in [1.82, 2.24) is 9.88 Å². The molecule has 0 unspecified atom stereocenters. The van der Waals surface area contributed by atoms with Crippen LogP contribution < -0.4 is 0 Å². The molecular weight excluding hydrogens is 246 g/mol. The van der Waals surface area contributed by atoms with Gasteiger partial charge < -0.3 is 5.11 Å². The number of aliphatic hydroxyl groups is 1. The van der Waals surface area contributed by atoms with Crippen molar-refractivity contribution in [2.75, 3.05) is 13.2 Å². The molecule has 0 amide bonds. The standard InChI is InChI=1S/C13H19N3O3/c1-9-7-14-12(10(2)13(9)16(18)19)8-15(5-6-17)11-3-4-11/h7,11,17H,3-6,8H2,1-2H3. The molecule has 0 atom stereocenters. The molecule has 1 aromatic rings. The maximum Gasteiger partial charge on any atom is 0.278 e. The molecule has 1 fully saturated rings. The van der Waals surface area contributed by atoms with Gasteiger partial charge in [0, 0.05) is 36.5 Å². The molecule has 1 N–H and O–H groups in total. The summed E-state index contributed by atoms with van der Waals surface area (Å²) in [5, 5.41) is 20.2. The van der Waals surface area contributed by atoms with Gasteiger partial charge in [0.25, 0.3) is 5.69 Å². The van der Waals surface area contributed by atoms with E-state index in [1.54, 1.807) is 20.0 Å². The van der Waals surface area contributed by atoms with Crippen molar-refractivity contribution in [2.24, 2.45) is 0 Å². The Morgan fingerprint density at radius 3 is 2.74 bits per heavy atom. The highest BCUT2D eigenvalue weighted by Gasteiger charge is 2.30. The van der Waals surface area contributed by atoms with Gasteiger partial charge in [0.15, 0.2) is 0 Å². The maximum atomic E-state index is 11.1. The van der Waals surface area contributed by atoms with Crippen LogP contribution in [-0.4, -0.2) is 39.1 Å². The van der Waals surface area contributed by atoms with E-state index in [9.17, 15) is 10.1 Å². The fourth-order valence-corrected chi connectivity index (χ4v) is 2.36. The summed E-state index contributed by atoms with van der Waals surface area (Å²) in [6, 6.07) is 0.494. The summed E-state index contributed by atoms with van der Waals surface area (Å²) >= 11 is 0. The molecular formula is C13H19N3O3. The van der Waals surface area contributed by atoms with Crippen LogP contribution in [0.3, 0.4) is 0 Å². The number of aryl methyl sites for hydroxylation is 1. The monoisotopic (exact) mass is 265 g/mol. The van der Waals surface area contributed by atoms with Crippen LogP contribution in [0.5, 0.6) is 0 Å². The van der Waals surface area contributed by atoms with E-state index < -0.39 is 0 Å². The molecule has 0 spiro atoms. The van der Waals surface area contributed by atoms with Gasteiger partial charge in [-0.2, -0.15) is 0 Å². The van der Waals surface area contributed by atoms with E-state index in [1.807, 2.05) is 0 Å². The summed E-state index contributed by atoms with van der Waals surface area (Å²) in [6.45, 7) is 4.71. The Morgan fingerprint density at radius 2 is 2.21 bits per heavy atom. The molecule has 0 aromatic carbocycles. The lowest BCUT2D eigenvalue weighted by molar-refractivity contribution is -0.386. The van der Waals surface area contributed by atoms with Gasteiger partial charge in [0.1, 0.15) is 0 Å². The molecule has 1 aromatic heterocycles. The van der Waals surface area contributed by atoms with E-state index in [0.29, 0.717) is 30.3 Å². The highest BCUT2D eigenvalue weighted by molar-refractivity contribution is 5.47. The van der Waals surface area contributed by atoms with Crippen LogP contribution in [0.25, 0.3) is 0 Å². The fourth-order valence-electron chi connectivity index (χ4n) is 2.36. The smallest absolute Gasteiger partial charge is 0.278 e. The first-order valence-electron chi connectivity index (χ1n) is 6.49. The molecule has 1 aliphatic carbocycles. The van der Waals surface area contributed by atoms with Crippen molar-refractivity contribution in [1.29, 1.82) is 0 Å². The molecule has 0 saturated heterocycles. The van der Waals surface area contributed by atoms with Crippen LogP contribution in [0.2, 0.25) is 0 Å². The highest BCUT2D eigenvalue weighted by Crippen LogP contribution is 2.30. The Kier molecular flexibility index (Phi) is 4.11. The number of hydrogen-bond acceptors (Lipinski definition) is 5. The second-order valence-corrected chi connectivity index (χ2v) is 5.04. The van der Waals surface area contributed by atoms with Gasteiger partial charge >= 0.3 is 0 Å². The summed E-state index contributed by atoms with van der Waals surface area (Å²) in [7, 11) is 0. The van der Waals surface area contributed by atoms with Crippen molar-refractivity contribution >= 4 is 5.69 Å². The topological polar surface area (TPSA) is 79.5 Å². The van der Waals surface area contributed by atoms with Crippen LogP contribution in [0.4, 0.5) is 5.69 Å². The third-order valence-electron chi connectivity index (χ3n) is 3.56. The molecule has 1 heterocycles. The van der Waals surface area contributed by atoms with E-state index in [-0.39, 0.29) is 17.2 Å². The second-order valence-electron chi connectivity index (χ2n) is 5.04. The first kappa shape index (κ1) is 13.9. The molecule has 0 bridgehead atoms. The third kappa shape index (κ3) is 3.08. The van der Waals surface area contributed by atoms with E-state index >= 15 is 0 Å². The summed E-state index contributed by atoms with van der Waals surface area (Å²) in [4.78, 5) is 17.2. The van der Waals surface area contributed by atoms with Gasteiger partial charge in [0.2, 0.25) is 0 Å². The van der Waals surface area contributed by atoms with Crippen molar-refractivity contribution in [2.45, 2.75) is 39.3 Å². The number of nitrogens with zero attached hydrogens (tertiary/aromatic N) is 3. The average Bonchev–Trinajstić information content (AvgIpc) is 3.15. The predicted octanol–water partition coefficient (Wildman–Crippen LogP) is 1.56. The van der Waals surface area contributed by atoms with Gasteiger partial charge in [0.05, 0.1) is 17.2 Å². The zero-order valence-electron chi connectivity index (χ0n) is 11.3. The Balaban J connectivity index is 2.24. The summed E-state index contributed by atoms with van der Waals surface area (Å²) < 4.78 is 0. The van der Waals surface area contributed by atoms with Crippen molar-refractivity contribution in [3.8, 4) is 0 Å². The molecule has 19 heavy (non-hydrogen) atoms. The van der Waals surface area contributed by atoms with Gasteiger partial charge in [-0.15, -0.1) is 0 Å². The lowest BCUT2D eigenvalue weighted by Gasteiger charge is -2.21. The second kappa shape index (κ2) is 5.63. The molecule has 0 aliphatic heterocycles. The summed E-state index contributed by atoms with van der Waals surface area (Å²) in [5.41, 5.74) is 2.11. The third-order valence-corrected chi connectivity index (χ3v) is 3.56. The Labute approximate surface area is 112 Å². The predicted molar refractivity (Wildman–Crippen MR) is 70.9 cm³/mol. The minimum absolute atomic E-state index is 0.101. The van der Waals surface area contributed by atoms with Crippen molar-refractivity contribution in [3.63, 3.8) is 0 Å². The number of pyridine rings is 1. The van der Waals surface area contributed by atoms with Gasteiger partial charge in [-0.05, 0) is 26.7 Å². The van der Waals surface area contributed by atoms with E-state index in [4.69, 9.17) is 5.11 Å². The zero-order chi connectivity index (χ0) is 14.0. The Morgan fingerprint density at radius 1 is 1.53 bits per heavy atom. The maximum absolute atomic E-state index is 11.1. The quantitative estimate of drug-likeness (QED) is 0.623. The molecule has 2 rings (SSSR count). The number of aromatic nitrogens is 1. The first-order chi connectivity index (χ1) is 9.04. The van der Waals surface area contributed by atoms with Crippen LogP contribution in [0, 0.1) is 24.0 Å². The number of nitro groups is 1. The largest absolute Gasteiger partial charge is 0.395 e. The molecule has 0 radical (unpaired) electrons. The van der Waals surface area contributed by atoms with E-state index in [1.165, 1.54) is 0 Å². The minimum Gasteiger partial charge on any atom is -0.395 e. The SMILES string of the molecule is Cc1cnc(CN(CCO)C2CC2)c(C)c1[N+](=O)[O-]. The minimum atomic E-state index is -0.344. The zero-order valence-corrected chi connectivity index (χ0v) is 11.3. The number of rotatable bonds is 6. The highest BCUT2D eigenvalue weighted by atomic mass is 16.6. The van der Waals surface area contributed by atoms with Crippen molar-refractivity contribution < 1.29 is 10.0 Å². The first-order valence-corrected chi connectivity index (χ1v) is 6.49. The van der Waals surface area contributed by atoms with Crippen LogP contribution >= 0.6 is 0 Å². The number of hydrogen-bond donors (Lipinski definition) is 1. The molecule has 104 valence electrons. The van der Waals surface area contributed by atoms with Crippen LogP contribution in [0.1, 0.15) is 29.7 Å². The molecule has 6 heteroatoms. The van der Waals surface area contributed by atoms with E-state index in [0.717, 1.165) is 18.5 Å². The molecule has 1 aliphatic rings. The van der Waals surface area contributed by atoms with Gasteiger partial charge in [-0.3, -0.25) is 20.0 Å². The normalized spacial score (nSPS) is 14.9. The van der Waals surface area contributed by atoms with E-state index in [2.05, 4.69) is 9.88 Å². The lowest BCUT2D eigenvalue weighted by atomic mass is 10.1.